The number of alkyl carbamates (subject to hydrolysis) is 1. The zero-order valence-electron chi connectivity index (χ0n) is 9.23. The lowest BCUT2D eigenvalue weighted by atomic mass is 10.1. The Hall–Kier alpha value is -1.71. The Labute approximate surface area is 94.6 Å². The SMILES string of the molecule is CCCOc1ccc([C@H]2COC(=O)N2)cc1. The van der Waals surface area contributed by atoms with Gasteiger partial charge in [0.05, 0.1) is 12.6 Å². The van der Waals surface area contributed by atoms with Gasteiger partial charge in [-0.15, -0.1) is 0 Å². The topological polar surface area (TPSA) is 47.6 Å². The fourth-order valence-electron chi connectivity index (χ4n) is 1.58. The maximum Gasteiger partial charge on any atom is 0.407 e. The highest BCUT2D eigenvalue weighted by atomic mass is 16.6. The van der Waals surface area contributed by atoms with E-state index in [1.165, 1.54) is 0 Å². The van der Waals surface area contributed by atoms with Crippen LogP contribution in [0, 0.1) is 0 Å². The highest BCUT2D eigenvalue weighted by Gasteiger charge is 2.23. The van der Waals surface area contributed by atoms with Gasteiger partial charge in [-0.05, 0) is 24.1 Å². The van der Waals surface area contributed by atoms with Crippen molar-refractivity contribution in [1.82, 2.24) is 5.32 Å². The molecule has 1 N–H and O–H groups in total. The fourth-order valence-corrected chi connectivity index (χ4v) is 1.58. The van der Waals surface area contributed by atoms with Gasteiger partial charge in [0, 0.05) is 0 Å². The van der Waals surface area contributed by atoms with E-state index in [0.29, 0.717) is 6.61 Å². The van der Waals surface area contributed by atoms with E-state index in [2.05, 4.69) is 12.2 Å². The highest BCUT2D eigenvalue weighted by Crippen LogP contribution is 2.21. The number of carbonyl (C=O) groups is 1. The zero-order chi connectivity index (χ0) is 11.4. The summed E-state index contributed by atoms with van der Waals surface area (Å²) in [4.78, 5) is 10.9. The van der Waals surface area contributed by atoms with Gasteiger partial charge in [0.2, 0.25) is 0 Å². The second-order valence-electron chi connectivity index (χ2n) is 3.71. The molecule has 1 atom stereocenters. The first-order valence-corrected chi connectivity index (χ1v) is 5.45. The minimum Gasteiger partial charge on any atom is -0.494 e. The van der Waals surface area contributed by atoms with Crippen LogP contribution in [0.4, 0.5) is 4.79 Å². The summed E-state index contributed by atoms with van der Waals surface area (Å²) < 4.78 is 10.3. The first-order chi connectivity index (χ1) is 7.79. The van der Waals surface area contributed by atoms with E-state index in [9.17, 15) is 4.79 Å². The van der Waals surface area contributed by atoms with E-state index < -0.39 is 0 Å². The van der Waals surface area contributed by atoms with Crippen LogP contribution in [0.15, 0.2) is 24.3 Å². The molecule has 16 heavy (non-hydrogen) atoms. The number of ether oxygens (including phenoxy) is 2. The van der Waals surface area contributed by atoms with Crippen LogP contribution in [0.25, 0.3) is 0 Å². The molecule has 1 aromatic carbocycles. The molecule has 0 unspecified atom stereocenters. The Bertz CT molecular complexity index is 361. The summed E-state index contributed by atoms with van der Waals surface area (Å²) in [5, 5.41) is 2.73. The Morgan fingerprint density at radius 3 is 2.75 bits per heavy atom. The summed E-state index contributed by atoms with van der Waals surface area (Å²) in [5.41, 5.74) is 1.04. The molecule has 1 aliphatic heterocycles. The highest BCUT2D eigenvalue weighted by molar-refractivity contribution is 5.70. The van der Waals surface area contributed by atoms with Gasteiger partial charge in [0.25, 0.3) is 0 Å². The quantitative estimate of drug-likeness (QED) is 0.848. The molecule has 1 heterocycles. The first-order valence-electron chi connectivity index (χ1n) is 5.45. The van der Waals surface area contributed by atoms with Crippen LogP contribution in [0.5, 0.6) is 5.75 Å². The van der Waals surface area contributed by atoms with Gasteiger partial charge in [-0.25, -0.2) is 4.79 Å². The molecule has 1 saturated heterocycles. The predicted molar refractivity (Wildman–Crippen MR) is 59.5 cm³/mol. The van der Waals surface area contributed by atoms with Crippen LogP contribution in [0.3, 0.4) is 0 Å². The van der Waals surface area contributed by atoms with Crippen LogP contribution >= 0.6 is 0 Å². The van der Waals surface area contributed by atoms with Crippen molar-refractivity contribution in [3.8, 4) is 5.75 Å². The van der Waals surface area contributed by atoms with Crippen molar-refractivity contribution in [3.05, 3.63) is 29.8 Å². The molecule has 4 heteroatoms. The molecular formula is C12H15NO3. The second kappa shape index (κ2) is 4.88. The molecule has 4 nitrogen and oxygen atoms in total. The third-order valence-corrected chi connectivity index (χ3v) is 2.43. The van der Waals surface area contributed by atoms with Gasteiger partial charge in [-0.2, -0.15) is 0 Å². The summed E-state index contributed by atoms with van der Waals surface area (Å²) in [6.07, 6.45) is 0.644. The number of hydrogen-bond acceptors (Lipinski definition) is 3. The van der Waals surface area contributed by atoms with Crippen LogP contribution in [-0.2, 0) is 4.74 Å². The lowest BCUT2D eigenvalue weighted by Crippen LogP contribution is -2.18. The number of benzene rings is 1. The first kappa shape index (κ1) is 10.8. The molecule has 1 fully saturated rings. The minimum absolute atomic E-state index is 0.0345. The molecule has 1 aromatic rings. The Morgan fingerprint density at radius 1 is 1.44 bits per heavy atom. The number of rotatable bonds is 4. The van der Waals surface area contributed by atoms with Crippen LogP contribution < -0.4 is 10.1 Å². The maximum absolute atomic E-state index is 10.9. The summed E-state index contributed by atoms with van der Waals surface area (Å²) in [6, 6.07) is 7.69. The van der Waals surface area contributed by atoms with Crippen molar-refractivity contribution >= 4 is 6.09 Å². The largest absolute Gasteiger partial charge is 0.494 e. The van der Waals surface area contributed by atoms with Crippen molar-refractivity contribution in [2.75, 3.05) is 13.2 Å². The molecule has 0 bridgehead atoms. The smallest absolute Gasteiger partial charge is 0.407 e. The van der Waals surface area contributed by atoms with Crippen molar-refractivity contribution in [2.45, 2.75) is 19.4 Å². The lowest BCUT2D eigenvalue weighted by molar-refractivity contribution is 0.177. The summed E-state index contributed by atoms with van der Waals surface area (Å²) >= 11 is 0. The fraction of sp³-hybridized carbons (Fsp3) is 0.417. The van der Waals surface area contributed by atoms with Crippen LogP contribution in [0.2, 0.25) is 0 Å². The number of nitrogens with one attached hydrogen (secondary N) is 1. The molecule has 0 spiro atoms. The summed E-state index contributed by atoms with van der Waals surface area (Å²) in [5.74, 6) is 0.857. The van der Waals surface area contributed by atoms with Gasteiger partial charge >= 0.3 is 6.09 Å². The Morgan fingerprint density at radius 2 is 2.19 bits per heavy atom. The van der Waals surface area contributed by atoms with E-state index in [0.717, 1.165) is 24.3 Å². The average Bonchev–Trinajstić information content (AvgIpc) is 2.74. The average molecular weight is 221 g/mol. The van der Waals surface area contributed by atoms with Crippen LogP contribution in [0.1, 0.15) is 24.9 Å². The van der Waals surface area contributed by atoms with Gasteiger partial charge in [0.1, 0.15) is 12.4 Å². The van der Waals surface area contributed by atoms with E-state index in [4.69, 9.17) is 9.47 Å². The van der Waals surface area contributed by atoms with E-state index >= 15 is 0 Å². The predicted octanol–water partition coefficient (Wildman–Crippen LogP) is 2.26. The molecule has 0 saturated carbocycles. The van der Waals surface area contributed by atoms with Crippen molar-refractivity contribution in [2.24, 2.45) is 0 Å². The molecule has 86 valence electrons. The number of cyclic esters (lactones) is 1. The minimum atomic E-state index is -0.351. The van der Waals surface area contributed by atoms with Crippen molar-refractivity contribution in [1.29, 1.82) is 0 Å². The zero-order valence-corrected chi connectivity index (χ0v) is 9.23. The van der Waals surface area contributed by atoms with Gasteiger partial charge in [-0.3, -0.25) is 0 Å². The number of carbonyl (C=O) groups excluding carboxylic acids is 1. The van der Waals surface area contributed by atoms with Gasteiger partial charge in [-0.1, -0.05) is 19.1 Å². The maximum atomic E-state index is 10.9. The summed E-state index contributed by atoms with van der Waals surface area (Å²) in [6.45, 7) is 3.19. The van der Waals surface area contributed by atoms with Gasteiger partial charge < -0.3 is 14.8 Å². The molecule has 0 radical (unpaired) electrons. The third-order valence-electron chi connectivity index (χ3n) is 2.43. The molecule has 2 rings (SSSR count). The molecule has 0 aliphatic carbocycles. The second-order valence-corrected chi connectivity index (χ2v) is 3.71. The third kappa shape index (κ3) is 2.45. The van der Waals surface area contributed by atoms with E-state index in [-0.39, 0.29) is 12.1 Å². The number of hydrogen-bond donors (Lipinski definition) is 1. The lowest BCUT2D eigenvalue weighted by Gasteiger charge is -2.09. The van der Waals surface area contributed by atoms with E-state index in [1.54, 1.807) is 0 Å². The summed E-state index contributed by atoms with van der Waals surface area (Å²) in [7, 11) is 0. The standard InChI is InChI=1S/C12H15NO3/c1-2-7-15-10-5-3-9(4-6-10)11-8-16-12(14)13-11/h3-6,11H,2,7-8H2,1H3,(H,13,14)/t11-/m1/s1. The van der Waals surface area contributed by atoms with Crippen molar-refractivity contribution in [3.63, 3.8) is 0 Å². The molecule has 0 aromatic heterocycles. The van der Waals surface area contributed by atoms with Crippen molar-refractivity contribution < 1.29 is 14.3 Å². The number of amides is 1. The normalized spacial score (nSPS) is 19.1. The Kier molecular flexibility index (Phi) is 3.29. The van der Waals surface area contributed by atoms with E-state index in [1.807, 2.05) is 24.3 Å². The monoisotopic (exact) mass is 221 g/mol. The van der Waals surface area contributed by atoms with Crippen LogP contribution in [-0.4, -0.2) is 19.3 Å². The molecule has 1 amide bonds. The molecular weight excluding hydrogens is 206 g/mol. The Balaban J connectivity index is 1.99. The van der Waals surface area contributed by atoms with Gasteiger partial charge in [0.15, 0.2) is 0 Å². The molecule has 1 aliphatic rings.